The van der Waals surface area contributed by atoms with Crippen LogP contribution in [0.15, 0.2) is 64.2 Å². The summed E-state index contributed by atoms with van der Waals surface area (Å²) < 4.78 is 5.39. The molecule has 22 heavy (non-hydrogen) atoms. The Morgan fingerprint density at radius 2 is 1.64 bits per heavy atom. The highest BCUT2D eigenvalue weighted by Crippen LogP contribution is 2.29. The molecule has 0 atom stereocenters. The van der Waals surface area contributed by atoms with Crippen LogP contribution in [0.25, 0.3) is 32.9 Å². The molecule has 0 unspecified atom stereocenters. The minimum absolute atomic E-state index is 0.238. The maximum atomic E-state index is 8.49. The van der Waals surface area contributed by atoms with Gasteiger partial charge in [0.15, 0.2) is 5.76 Å². The van der Waals surface area contributed by atoms with E-state index >= 15 is 0 Å². The average molecular weight is 290 g/mol. The van der Waals surface area contributed by atoms with Crippen LogP contribution in [-0.4, -0.2) is 5.16 Å². The molecular weight excluding hydrogens is 276 g/mol. The van der Waals surface area contributed by atoms with Crippen LogP contribution in [-0.2, 0) is 6.54 Å². The lowest BCUT2D eigenvalue weighted by Crippen LogP contribution is -1.86. The molecule has 0 N–H and O–H groups in total. The van der Waals surface area contributed by atoms with Crippen molar-refractivity contribution in [2.45, 2.75) is 13.5 Å². The Balaban J connectivity index is 1.95. The lowest BCUT2D eigenvalue weighted by Gasteiger charge is -2.03. The molecule has 0 aliphatic carbocycles. The summed E-state index contributed by atoms with van der Waals surface area (Å²) in [5.41, 5.74) is 13.3. The van der Waals surface area contributed by atoms with E-state index in [9.17, 15) is 0 Å². The molecule has 0 saturated heterocycles. The van der Waals surface area contributed by atoms with Crippen molar-refractivity contribution in [1.82, 2.24) is 5.16 Å². The van der Waals surface area contributed by atoms with Crippen LogP contribution in [0.1, 0.15) is 11.3 Å². The quantitative estimate of drug-likeness (QED) is 0.379. The van der Waals surface area contributed by atoms with Crippen molar-refractivity contribution in [1.29, 1.82) is 0 Å². The van der Waals surface area contributed by atoms with Crippen molar-refractivity contribution in [3.8, 4) is 22.5 Å². The molecule has 0 spiro atoms. The maximum Gasteiger partial charge on any atom is 0.170 e. The zero-order valence-electron chi connectivity index (χ0n) is 12.1. The molecule has 108 valence electrons. The molecule has 3 rings (SSSR count). The minimum Gasteiger partial charge on any atom is -0.356 e. The van der Waals surface area contributed by atoms with Crippen molar-refractivity contribution in [3.05, 3.63) is 76.3 Å². The largest absolute Gasteiger partial charge is 0.356 e. The molecule has 5 nitrogen and oxygen atoms in total. The molecule has 0 bridgehead atoms. The summed E-state index contributed by atoms with van der Waals surface area (Å²) in [6, 6.07) is 18.2. The molecule has 0 fully saturated rings. The Kier molecular flexibility index (Phi) is 3.90. The van der Waals surface area contributed by atoms with Gasteiger partial charge in [0.2, 0.25) is 0 Å². The number of hydrogen-bond donors (Lipinski definition) is 0. The number of benzene rings is 2. The summed E-state index contributed by atoms with van der Waals surface area (Å²) in [5.74, 6) is 0.657. The highest BCUT2D eigenvalue weighted by atomic mass is 16.5. The number of nitrogens with zero attached hydrogens (tertiary/aromatic N) is 4. The standard InChI is InChI=1S/C17H14N4O/c1-12-16(11-19-21-18)17(22-20-12)15-9-7-14(8-10-15)13-5-3-2-4-6-13/h2-10H,11H2,1H3. The van der Waals surface area contributed by atoms with E-state index in [-0.39, 0.29) is 6.54 Å². The van der Waals surface area contributed by atoms with Crippen molar-refractivity contribution in [2.24, 2.45) is 5.11 Å². The summed E-state index contributed by atoms with van der Waals surface area (Å²) in [7, 11) is 0. The van der Waals surface area contributed by atoms with E-state index in [0.29, 0.717) is 5.76 Å². The zero-order valence-corrected chi connectivity index (χ0v) is 12.1. The molecule has 0 aliphatic heterocycles. The summed E-state index contributed by atoms with van der Waals surface area (Å²) in [6.07, 6.45) is 0. The predicted octanol–water partition coefficient (Wildman–Crippen LogP) is 5.13. The molecule has 0 saturated carbocycles. The van der Waals surface area contributed by atoms with Crippen LogP contribution < -0.4 is 0 Å². The first-order valence-electron chi connectivity index (χ1n) is 6.91. The molecule has 0 radical (unpaired) electrons. The lowest BCUT2D eigenvalue weighted by molar-refractivity contribution is 0.426. The topological polar surface area (TPSA) is 74.8 Å². The van der Waals surface area contributed by atoms with Gasteiger partial charge in [-0.25, -0.2) is 0 Å². The van der Waals surface area contributed by atoms with E-state index in [0.717, 1.165) is 27.9 Å². The van der Waals surface area contributed by atoms with E-state index in [4.69, 9.17) is 10.1 Å². The number of aromatic nitrogens is 1. The third kappa shape index (κ3) is 2.71. The van der Waals surface area contributed by atoms with E-state index < -0.39 is 0 Å². The Morgan fingerprint density at radius 1 is 1.00 bits per heavy atom. The fourth-order valence-electron chi connectivity index (χ4n) is 2.35. The van der Waals surface area contributed by atoms with Gasteiger partial charge in [0.05, 0.1) is 12.2 Å². The van der Waals surface area contributed by atoms with E-state index in [2.05, 4.69) is 27.3 Å². The molecule has 0 amide bonds. The molecule has 1 aromatic heterocycles. The minimum atomic E-state index is 0.238. The summed E-state index contributed by atoms with van der Waals surface area (Å²) in [4.78, 5) is 2.80. The van der Waals surface area contributed by atoms with Gasteiger partial charge in [0.25, 0.3) is 0 Å². The van der Waals surface area contributed by atoms with Gasteiger partial charge in [-0.2, -0.15) is 0 Å². The van der Waals surface area contributed by atoms with Gasteiger partial charge in [-0.15, -0.1) is 0 Å². The smallest absolute Gasteiger partial charge is 0.170 e. The summed E-state index contributed by atoms with van der Waals surface area (Å²) in [5, 5.41) is 7.58. The lowest BCUT2D eigenvalue weighted by atomic mass is 10.0. The second-order valence-corrected chi connectivity index (χ2v) is 4.91. The molecular formula is C17H14N4O. The predicted molar refractivity (Wildman–Crippen MR) is 85.0 cm³/mol. The molecule has 0 aliphatic rings. The highest BCUT2D eigenvalue weighted by molar-refractivity contribution is 5.69. The zero-order chi connectivity index (χ0) is 15.4. The van der Waals surface area contributed by atoms with Crippen LogP contribution in [0.5, 0.6) is 0 Å². The van der Waals surface area contributed by atoms with Crippen LogP contribution in [0.2, 0.25) is 0 Å². The second kappa shape index (κ2) is 6.16. The third-order valence-electron chi connectivity index (χ3n) is 3.53. The van der Waals surface area contributed by atoms with Crippen LogP contribution in [0.3, 0.4) is 0 Å². The first-order chi connectivity index (χ1) is 10.8. The average Bonchev–Trinajstić information content (AvgIpc) is 2.94. The van der Waals surface area contributed by atoms with Crippen molar-refractivity contribution in [2.75, 3.05) is 0 Å². The number of rotatable bonds is 4. The second-order valence-electron chi connectivity index (χ2n) is 4.91. The first-order valence-corrected chi connectivity index (χ1v) is 6.91. The monoisotopic (exact) mass is 290 g/mol. The van der Waals surface area contributed by atoms with Crippen molar-refractivity contribution >= 4 is 0 Å². The van der Waals surface area contributed by atoms with E-state index in [1.807, 2.05) is 49.4 Å². The molecule has 1 heterocycles. The molecule has 3 aromatic rings. The van der Waals surface area contributed by atoms with Gasteiger partial charge < -0.3 is 4.52 Å². The Morgan fingerprint density at radius 3 is 2.32 bits per heavy atom. The van der Waals surface area contributed by atoms with E-state index in [1.165, 1.54) is 0 Å². The number of hydrogen-bond acceptors (Lipinski definition) is 3. The van der Waals surface area contributed by atoms with Gasteiger partial charge in [0.1, 0.15) is 0 Å². The summed E-state index contributed by atoms with van der Waals surface area (Å²) in [6.45, 7) is 2.08. The van der Waals surface area contributed by atoms with Gasteiger partial charge in [0, 0.05) is 16.0 Å². The molecule has 2 aromatic carbocycles. The van der Waals surface area contributed by atoms with Gasteiger partial charge >= 0.3 is 0 Å². The van der Waals surface area contributed by atoms with Gasteiger partial charge in [-0.3, -0.25) is 0 Å². The Bertz CT molecular complexity index is 816. The fourth-order valence-corrected chi connectivity index (χ4v) is 2.35. The Labute approximate surface area is 127 Å². The fraction of sp³-hybridized carbons (Fsp3) is 0.118. The normalized spacial score (nSPS) is 10.2. The first kappa shape index (κ1) is 13.9. The third-order valence-corrected chi connectivity index (χ3v) is 3.53. The highest BCUT2D eigenvalue weighted by Gasteiger charge is 2.14. The van der Waals surface area contributed by atoms with Crippen LogP contribution in [0, 0.1) is 6.92 Å². The van der Waals surface area contributed by atoms with Crippen LogP contribution in [0.4, 0.5) is 0 Å². The number of azide groups is 1. The molecule has 5 heteroatoms. The number of aryl methyl sites for hydroxylation is 1. The van der Waals surface area contributed by atoms with Crippen LogP contribution >= 0.6 is 0 Å². The Hall–Kier alpha value is -3.04. The van der Waals surface area contributed by atoms with Gasteiger partial charge in [-0.05, 0) is 23.6 Å². The SMILES string of the molecule is Cc1noc(-c2ccc(-c3ccccc3)cc2)c1CN=[N+]=[N-]. The summed E-state index contributed by atoms with van der Waals surface area (Å²) >= 11 is 0. The van der Waals surface area contributed by atoms with Crippen molar-refractivity contribution < 1.29 is 4.52 Å². The van der Waals surface area contributed by atoms with Gasteiger partial charge in [-0.1, -0.05) is 64.9 Å². The van der Waals surface area contributed by atoms with E-state index in [1.54, 1.807) is 0 Å². The maximum absolute atomic E-state index is 8.49. The van der Waals surface area contributed by atoms with Crippen molar-refractivity contribution in [3.63, 3.8) is 0 Å².